The second-order valence-corrected chi connectivity index (χ2v) is 6.72. The summed E-state index contributed by atoms with van der Waals surface area (Å²) in [7, 11) is 5.36. The number of hydrogen-bond acceptors (Lipinski definition) is 7. The largest absolute Gasteiger partial charge is 0.495 e. The van der Waals surface area contributed by atoms with Crippen molar-refractivity contribution in [2.45, 2.75) is 6.92 Å². The summed E-state index contributed by atoms with van der Waals surface area (Å²) in [5.41, 5.74) is 3.73. The van der Waals surface area contributed by atoms with Gasteiger partial charge in [0.15, 0.2) is 6.29 Å². The highest BCUT2D eigenvalue weighted by Gasteiger charge is 2.12. The number of carbonyl (C=O) groups is 1. The molecular formula is C18H18N4O2S. The maximum atomic E-state index is 11.4. The number of thiazole rings is 1. The van der Waals surface area contributed by atoms with Crippen LogP contribution in [0.5, 0.6) is 5.75 Å². The first-order chi connectivity index (χ1) is 12.0. The molecule has 25 heavy (non-hydrogen) atoms. The SMILES string of the molecule is COc1cc(/N=N/c2nc3c(C)cccc3s2)c(C=O)cc1N(C)C. The van der Waals surface area contributed by atoms with Gasteiger partial charge in [-0.2, -0.15) is 0 Å². The van der Waals surface area contributed by atoms with E-state index in [0.717, 1.165) is 27.8 Å². The lowest BCUT2D eigenvalue weighted by Gasteiger charge is -2.17. The average Bonchev–Trinajstić information content (AvgIpc) is 3.03. The minimum atomic E-state index is 0.450. The van der Waals surface area contributed by atoms with E-state index in [2.05, 4.69) is 15.2 Å². The summed E-state index contributed by atoms with van der Waals surface area (Å²) in [5, 5.41) is 8.99. The minimum Gasteiger partial charge on any atom is -0.495 e. The van der Waals surface area contributed by atoms with Crippen LogP contribution in [0.3, 0.4) is 0 Å². The summed E-state index contributed by atoms with van der Waals surface area (Å²) in [6.07, 6.45) is 0.767. The van der Waals surface area contributed by atoms with E-state index in [4.69, 9.17) is 4.74 Å². The molecule has 6 nitrogen and oxygen atoms in total. The van der Waals surface area contributed by atoms with Gasteiger partial charge >= 0.3 is 0 Å². The van der Waals surface area contributed by atoms with Crippen LogP contribution < -0.4 is 9.64 Å². The molecule has 0 N–H and O–H groups in total. The molecule has 0 fully saturated rings. The van der Waals surface area contributed by atoms with Crippen molar-refractivity contribution in [3.05, 3.63) is 41.5 Å². The Kier molecular flexibility index (Phi) is 4.76. The zero-order chi connectivity index (χ0) is 18.0. The predicted molar refractivity (Wildman–Crippen MR) is 101 cm³/mol. The Labute approximate surface area is 149 Å². The fourth-order valence-corrected chi connectivity index (χ4v) is 3.35. The van der Waals surface area contributed by atoms with Gasteiger partial charge in [-0.3, -0.25) is 4.79 Å². The second kappa shape index (κ2) is 6.98. The number of rotatable bonds is 5. The molecule has 0 saturated carbocycles. The molecule has 0 unspecified atom stereocenters. The number of hydrogen-bond donors (Lipinski definition) is 0. The van der Waals surface area contributed by atoms with Gasteiger partial charge in [-0.1, -0.05) is 23.5 Å². The van der Waals surface area contributed by atoms with Crippen molar-refractivity contribution in [2.75, 3.05) is 26.1 Å². The molecule has 0 spiro atoms. The van der Waals surface area contributed by atoms with Crippen LogP contribution in [0.15, 0.2) is 40.6 Å². The molecule has 3 aromatic rings. The number of benzene rings is 2. The molecule has 0 bridgehead atoms. The third-order valence-electron chi connectivity index (χ3n) is 3.79. The summed E-state index contributed by atoms with van der Waals surface area (Å²) in [5.74, 6) is 0.629. The Bertz CT molecular complexity index is 963. The van der Waals surface area contributed by atoms with Crippen molar-refractivity contribution >= 4 is 44.3 Å². The molecule has 0 aliphatic carbocycles. The average molecular weight is 354 g/mol. The summed E-state index contributed by atoms with van der Waals surface area (Å²) in [4.78, 5) is 17.8. The van der Waals surface area contributed by atoms with Crippen LogP contribution in [0.2, 0.25) is 0 Å². The zero-order valence-corrected chi connectivity index (χ0v) is 15.3. The van der Waals surface area contributed by atoms with Crippen molar-refractivity contribution in [3.8, 4) is 5.75 Å². The molecule has 0 aliphatic heterocycles. The van der Waals surface area contributed by atoms with Crippen molar-refractivity contribution < 1.29 is 9.53 Å². The molecule has 0 atom stereocenters. The monoisotopic (exact) mass is 354 g/mol. The first-order valence-electron chi connectivity index (χ1n) is 7.66. The fourth-order valence-electron chi connectivity index (χ4n) is 2.48. The molecule has 3 rings (SSSR count). The third-order valence-corrected chi connectivity index (χ3v) is 4.69. The number of nitrogens with zero attached hydrogens (tertiary/aromatic N) is 4. The van der Waals surface area contributed by atoms with Gasteiger partial charge in [-0.25, -0.2) is 4.98 Å². The molecule has 7 heteroatoms. The molecule has 0 amide bonds. The van der Waals surface area contributed by atoms with Crippen molar-refractivity contribution in [1.29, 1.82) is 0 Å². The number of ether oxygens (including phenoxy) is 1. The Balaban J connectivity index is 2.01. The van der Waals surface area contributed by atoms with Gasteiger partial charge in [-0.15, -0.1) is 10.2 Å². The number of azo groups is 1. The first-order valence-corrected chi connectivity index (χ1v) is 8.47. The third kappa shape index (κ3) is 3.36. The highest BCUT2D eigenvalue weighted by atomic mass is 32.1. The van der Waals surface area contributed by atoms with E-state index in [0.29, 0.717) is 22.1 Å². The standard InChI is InChI=1S/C18H18N4O2S/c1-11-6-5-7-16-17(11)19-18(25-16)21-20-13-9-15(24-4)14(22(2)3)8-12(13)10-23/h5-10H,1-4H3/b21-20+. The number of carbonyl (C=O) groups excluding carboxylic acids is 1. The summed E-state index contributed by atoms with van der Waals surface area (Å²) < 4.78 is 6.45. The lowest BCUT2D eigenvalue weighted by molar-refractivity contribution is 0.112. The normalized spacial score (nSPS) is 11.2. The van der Waals surface area contributed by atoms with Gasteiger partial charge in [0.05, 0.1) is 23.0 Å². The smallest absolute Gasteiger partial charge is 0.231 e. The van der Waals surface area contributed by atoms with Crippen LogP contribution in [0.25, 0.3) is 10.2 Å². The van der Waals surface area contributed by atoms with E-state index in [1.54, 1.807) is 19.2 Å². The molecule has 1 heterocycles. The number of anilines is 1. The molecule has 1 aromatic heterocycles. The van der Waals surface area contributed by atoms with E-state index in [1.807, 2.05) is 44.1 Å². The van der Waals surface area contributed by atoms with Crippen LogP contribution in [0.1, 0.15) is 15.9 Å². The number of fused-ring (bicyclic) bond motifs is 1. The Morgan fingerprint density at radius 1 is 1.24 bits per heavy atom. The summed E-state index contributed by atoms with van der Waals surface area (Å²) >= 11 is 1.46. The summed E-state index contributed by atoms with van der Waals surface area (Å²) in [6, 6.07) is 9.46. The molecular weight excluding hydrogens is 336 g/mol. The van der Waals surface area contributed by atoms with Crippen LogP contribution >= 0.6 is 11.3 Å². The highest BCUT2D eigenvalue weighted by Crippen LogP contribution is 2.36. The lowest BCUT2D eigenvalue weighted by Crippen LogP contribution is -2.10. The molecule has 128 valence electrons. The molecule has 0 radical (unpaired) electrons. The molecule has 2 aromatic carbocycles. The van der Waals surface area contributed by atoms with Gasteiger partial charge < -0.3 is 9.64 Å². The minimum absolute atomic E-state index is 0.450. The van der Waals surface area contributed by atoms with Crippen LogP contribution in [0.4, 0.5) is 16.5 Å². The van der Waals surface area contributed by atoms with E-state index in [9.17, 15) is 4.79 Å². The van der Waals surface area contributed by atoms with Crippen molar-refractivity contribution in [2.24, 2.45) is 10.2 Å². The Hall–Kier alpha value is -2.80. The summed E-state index contributed by atoms with van der Waals surface area (Å²) in [6.45, 7) is 2.01. The maximum Gasteiger partial charge on any atom is 0.231 e. The van der Waals surface area contributed by atoms with E-state index in [1.165, 1.54) is 11.3 Å². The van der Waals surface area contributed by atoms with Gasteiger partial charge in [0, 0.05) is 25.7 Å². The van der Waals surface area contributed by atoms with Gasteiger partial charge in [0.25, 0.3) is 0 Å². The topological polar surface area (TPSA) is 67.2 Å². The molecule has 0 saturated heterocycles. The number of para-hydroxylation sites is 1. The Morgan fingerprint density at radius 3 is 2.68 bits per heavy atom. The van der Waals surface area contributed by atoms with E-state index < -0.39 is 0 Å². The quantitative estimate of drug-likeness (QED) is 0.482. The van der Waals surface area contributed by atoms with Gasteiger partial charge in [0.1, 0.15) is 11.4 Å². The Morgan fingerprint density at radius 2 is 2.04 bits per heavy atom. The second-order valence-electron chi connectivity index (χ2n) is 5.71. The number of aryl methyl sites for hydroxylation is 1. The maximum absolute atomic E-state index is 11.4. The van der Waals surface area contributed by atoms with E-state index >= 15 is 0 Å². The number of methoxy groups -OCH3 is 1. The number of aromatic nitrogens is 1. The lowest BCUT2D eigenvalue weighted by atomic mass is 10.1. The van der Waals surface area contributed by atoms with Crippen molar-refractivity contribution in [3.63, 3.8) is 0 Å². The van der Waals surface area contributed by atoms with Gasteiger partial charge in [-0.05, 0) is 24.6 Å². The van der Waals surface area contributed by atoms with Crippen LogP contribution in [-0.4, -0.2) is 32.5 Å². The highest BCUT2D eigenvalue weighted by molar-refractivity contribution is 7.21. The van der Waals surface area contributed by atoms with Gasteiger partial charge in [0.2, 0.25) is 5.13 Å². The number of aldehydes is 1. The van der Waals surface area contributed by atoms with E-state index in [-0.39, 0.29) is 0 Å². The van der Waals surface area contributed by atoms with Crippen molar-refractivity contribution in [1.82, 2.24) is 4.98 Å². The predicted octanol–water partition coefficient (Wildman–Crippen LogP) is 4.91. The zero-order valence-electron chi connectivity index (χ0n) is 14.5. The van der Waals surface area contributed by atoms with Crippen LogP contribution in [0, 0.1) is 6.92 Å². The fraction of sp³-hybridized carbons (Fsp3) is 0.222. The first kappa shape index (κ1) is 17.0. The van der Waals surface area contributed by atoms with Crippen LogP contribution in [-0.2, 0) is 0 Å². The molecule has 0 aliphatic rings.